The summed E-state index contributed by atoms with van der Waals surface area (Å²) in [5.41, 5.74) is 3.79. The Kier molecular flexibility index (Phi) is 4.98. The Morgan fingerprint density at radius 1 is 1.18 bits per heavy atom. The fraction of sp³-hybridized carbons (Fsp3) is 0.412. The van der Waals surface area contributed by atoms with Crippen LogP contribution in [-0.4, -0.2) is 46.4 Å². The molecule has 0 radical (unpaired) electrons. The van der Waals surface area contributed by atoms with Crippen molar-refractivity contribution in [1.82, 2.24) is 19.4 Å². The minimum absolute atomic E-state index is 0.00415. The third kappa shape index (κ3) is 3.74. The topological polar surface area (TPSA) is 41.4 Å². The fourth-order valence-electron chi connectivity index (χ4n) is 2.57. The van der Waals surface area contributed by atoms with E-state index < -0.39 is 0 Å². The maximum absolute atomic E-state index is 12.6. The zero-order valence-electron chi connectivity index (χ0n) is 14.0. The number of aryl methyl sites for hydroxylation is 2. The summed E-state index contributed by atoms with van der Waals surface area (Å²) in [6.07, 6.45) is 1.67. The van der Waals surface area contributed by atoms with Crippen molar-refractivity contribution in [2.24, 2.45) is 7.05 Å². The van der Waals surface area contributed by atoms with E-state index in [1.165, 1.54) is 5.56 Å². The van der Waals surface area contributed by atoms with E-state index in [1.54, 1.807) is 15.8 Å². The van der Waals surface area contributed by atoms with Gasteiger partial charge in [-0.15, -0.1) is 0 Å². The second-order valence-corrected chi connectivity index (χ2v) is 6.01. The molecule has 0 fully saturated rings. The Morgan fingerprint density at radius 2 is 1.82 bits per heavy atom. The first-order valence-corrected chi connectivity index (χ1v) is 7.34. The Bertz CT molecular complexity index is 641. The molecular formula is C17H24N4O. The van der Waals surface area contributed by atoms with E-state index in [2.05, 4.69) is 28.1 Å². The third-order valence-electron chi connectivity index (χ3n) is 3.58. The van der Waals surface area contributed by atoms with Gasteiger partial charge in [0.05, 0.1) is 12.0 Å². The number of hydrogen-bond donors (Lipinski definition) is 0. The Balaban J connectivity index is 2.12. The van der Waals surface area contributed by atoms with Crippen molar-refractivity contribution in [3.05, 3.63) is 53.1 Å². The van der Waals surface area contributed by atoms with Crippen molar-refractivity contribution < 1.29 is 4.79 Å². The van der Waals surface area contributed by atoms with Crippen LogP contribution < -0.4 is 0 Å². The van der Waals surface area contributed by atoms with Crippen LogP contribution in [0.5, 0.6) is 0 Å². The van der Waals surface area contributed by atoms with Gasteiger partial charge in [0, 0.05) is 27.2 Å². The predicted octanol–water partition coefficient (Wildman–Crippen LogP) is 2.06. The molecule has 118 valence electrons. The second kappa shape index (κ2) is 6.75. The van der Waals surface area contributed by atoms with Gasteiger partial charge in [0.1, 0.15) is 5.69 Å². The van der Waals surface area contributed by atoms with Gasteiger partial charge in [0.15, 0.2) is 0 Å². The van der Waals surface area contributed by atoms with E-state index in [1.807, 2.05) is 41.2 Å². The van der Waals surface area contributed by atoms with Gasteiger partial charge in [-0.25, -0.2) is 4.98 Å². The predicted molar refractivity (Wildman–Crippen MR) is 87.6 cm³/mol. The van der Waals surface area contributed by atoms with Crippen molar-refractivity contribution in [3.63, 3.8) is 0 Å². The van der Waals surface area contributed by atoms with E-state index in [9.17, 15) is 4.79 Å². The number of imidazole rings is 1. The van der Waals surface area contributed by atoms with Gasteiger partial charge < -0.3 is 14.4 Å². The number of carbonyl (C=O) groups excluding carboxylic acids is 1. The number of hydrogen-bond acceptors (Lipinski definition) is 3. The van der Waals surface area contributed by atoms with Crippen LogP contribution in [0.2, 0.25) is 0 Å². The van der Waals surface area contributed by atoms with Crippen LogP contribution >= 0.6 is 0 Å². The van der Waals surface area contributed by atoms with Crippen LogP contribution in [0.3, 0.4) is 0 Å². The van der Waals surface area contributed by atoms with E-state index in [4.69, 9.17) is 0 Å². The Labute approximate surface area is 132 Å². The minimum Gasteiger partial charge on any atom is -0.336 e. The molecule has 0 aliphatic carbocycles. The zero-order chi connectivity index (χ0) is 16.3. The standard InChI is InChI=1S/C17H24N4O/c1-13-16(21(5)12-18-13)17(22)20(4)11-15-8-6-7-14(9-15)10-19(2)3/h6-9,12H,10-11H2,1-5H3. The number of benzene rings is 1. The van der Waals surface area contributed by atoms with Crippen molar-refractivity contribution in [2.75, 3.05) is 21.1 Å². The van der Waals surface area contributed by atoms with E-state index in [0.29, 0.717) is 12.2 Å². The average Bonchev–Trinajstić information content (AvgIpc) is 2.77. The monoisotopic (exact) mass is 300 g/mol. The number of carbonyl (C=O) groups is 1. The number of nitrogens with zero attached hydrogens (tertiary/aromatic N) is 4. The number of aromatic nitrogens is 2. The lowest BCUT2D eigenvalue weighted by atomic mass is 10.1. The first-order valence-electron chi connectivity index (χ1n) is 7.34. The highest BCUT2D eigenvalue weighted by Gasteiger charge is 2.18. The molecule has 0 aliphatic heterocycles. The summed E-state index contributed by atoms with van der Waals surface area (Å²) in [7, 11) is 7.77. The van der Waals surface area contributed by atoms with Crippen molar-refractivity contribution >= 4 is 5.91 Å². The lowest BCUT2D eigenvalue weighted by Crippen LogP contribution is -2.28. The molecule has 0 N–H and O–H groups in total. The third-order valence-corrected chi connectivity index (χ3v) is 3.58. The molecule has 1 amide bonds. The largest absolute Gasteiger partial charge is 0.336 e. The zero-order valence-corrected chi connectivity index (χ0v) is 14.0. The lowest BCUT2D eigenvalue weighted by Gasteiger charge is -2.19. The molecule has 0 spiro atoms. The molecule has 2 rings (SSSR count). The van der Waals surface area contributed by atoms with Gasteiger partial charge in [-0.05, 0) is 32.1 Å². The molecule has 0 bridgehead atoms. The highest BCUT2D eigenvalue weighted by Crippen LogP contribution is 2.13. The van der Waals surface area contributed by atoms with Gasteiger partial charge in [-0.2, -0.15) is 0 Å². The normalized spacial score (nSPS) is 11.0. The van der Waals surface area contributed by atoms with Crippen molar-refractivity contribution in [3.8, 4) is 0 Å². The smallest absolute Gasteiger partial charge is 0.272 e. The SMILES string of the molecule is Cc1ncn(C)c1C(=O)N(C)Cc1cccc(CN(C)C)c1. The van der Waals surface area contributed by atoms with Crippen LogP contribution in [0, 0.1) is 6.92 Å². The first kappa shape index (κ1) is 16.2. The van der Waals surface area contributed by atoms with E-state index in [-0.39, 0.29) is 5.91 Å². The molecule has 0 aliphatic rings. The molecule has 0 unspecified atom stereocenters. The molecule has 1 aromatic heterocycles. The highest BCUT2D eigenvalue weighted by atomic mass is 16.2. The fourth-order valence-corrected chi connectivity index (χ4v) is 2.57. The minimum atomic E-state index is -0.00415. The summed E-state index contributed by atoms with van der Waals surface area (Å²) in [6.45, 7) is 3.34. The summed E-state index contributed by atoms with van der Waals surface area (Å²) >= 11 is 0. The van der Waals surface area contributed by atoms with E-state index >= 15 is 0 Å². The second-order valence-electron chi connectivity index (χ2n) is 6.01. The van der Waals surface area contributed by atoms with Crippen LogP contribution in [0.1, 0.15) is 27.3 Å². The molecule has 5 nitrogen and oxygen atoms in total. The molecular weight excluding hydrogens is 276 g/mol. The van der Waals surface area contributed by atoms with Gasteiger partial charge >= 0.3 is 0 Å². The quantitative estimate of drug-likeness (QED) is 0.849. The molecule has 0 atom stereocenters. The van der Waals surface area contributed by atoms with Crippen LogP contribution in [0.25, 0.3) is 0 Å². The van der Waals surface area contributed by atoms with Gasteiger partial charge in [0.2, 0.25) is 0 Å². The Hall–Kier alpha value is -2.14. The molecule has 0 saturated carbocycles. The molecule has 1 aromatic carbocycles. The van der Waals surface area contributed by atoms with Gasteiger partial charge in [-0.1, -0.05) is 24.3 Å². The number of amides is 1. The van der Waals surface area contributed by atoms with Gasteiger partial charge in [-0.3, -0.25) is 4.79 Å². The van der Waals surface area contributed by atoms with Crippen LogP contribution in [0.15, 0.2) is 30.6 Å². The highest BCUT2D eigenvalue weighted by molar-refractivity contribution is 5.93. The first-order chi connectivity index (χ1) is 10.4. The lowest BCUT2D eigenvalue weighted by molar-refractivity contribution is 0.0774. The average molecular weight is 300 g/mol. The van der Waals surface area contributed by atoms with Crippen LogP contribution in [-0.2, 0) is 20.1 Å². The summed E-state index contributed by atoms with van der Waals surface area (Å²) < 4.78 is 1.77. The molecule has 5 heteroatoms. The summed E-state index contributed by atoms with van der Waals surface area (Å²) in [5.74, 6) is -0.00415. The molecule has 0 saturated heterocycles. The van der Waals surface area contributed by atoms with Crippen molar-refractivity contribution in [1.29, 1.82) is 0 Å². The number of rotatable bonds is 5. The summed E-state index contributed by atoms with van der Waals surface area (Å²) in [4.78, 5) is 20.6. The molecule has 1 heterocycles. The van der Waals surface area contributed by atoms with E-state index in [0.717, 1.165) is 17.8 Å². The van der Waals surface area contributed by atoms with Crippen LogP contribution in [0.4, 0.5) is 0 Å². The maximum atomic E-state index is 12.6. The van der Waals surface area contributed by atoms with Crippen molar-refractivity contribution in [2.45, 2.75) is 20.0 Å². The molecule has 22 heavy (non-hydrogen) atoms. The maximum Gasteiger partial charge on any atom is 0.272 e. The summed E-state index contributed by atoms with van der Waals surface area (Å²) in [6, 6.07) is 8.36. The van der Waals surface area contributed by atoms with Gasteiger partial charge in [0.25, 0.3) is 5.91 Å². The molecule has 2 aromatic rings. The summed E-state index contributed by atoms with van der Waals surface area (Å²) in [5, 5.41) is 0. The Morgan fingerprint density at radius 3 is 2.36 bits per heavy atom.